The molecule has 1 aliphatic rings. The van der Waals surface area contributed by atoms with Crippen LogP contribution < -0.4 is 5.56 Å². The highest BCUT2D eigenvalue weighted by Gasteiger charge is 2.27. The zero-order chi connectivity index (χ0) is 17.4. The molecule has 6 heteroatoms. The molecule has 128 valence electrons. The molecule has 0 unspecified atom stereocenters. The van der Waals surface area contributed by atoms with E-state index in [1.54, 1.807) is 6.92 Å². The normalized spacial score (nSPS) is 18.4. The first kappa shape index (κ1) is 16.6. The van der Waals surface area contributed by atoms with Crippen LogP contribution in [0.1, 0.15) is 35.8 Å². The van der Waals surface area contributed by atoms with Crippen molar-refractivity contribution in [3.05, 3.63) is 45.6 Å². The van der Waals surface area contributed by atoms with E-state index in [9.17, 15) is 19.1 Å². The quantitative estimate of drug-likeness (QED) is 0.935. The molecule has 0 aliphatic carbocycles. The number of carboxylic acids is 1. The highest BCUT2D eigenvalue weighted by molar-refractivity contribution is 6.04. The Kier molecular flexibility index (Phi) is 4.41. The second-order valence-corrected chi connectivity index (χ2v) is 6.27. The molecule has 0 saturated carbocycles. The monoisotopic (exact) mass is 332 g/mol. The van der Waals surface area contributed by atoms with Gasteiger partial charge in [0.05, 0.1) is 10.9 Å². The molecule has 1 atom stereocenters. The van der Waals surface area contributed by atoms with Crippen LogP contribution in [0.2, 0.25) is 0 Å². The van der Waals surface area contributed by atoms with Crippen LogP contribution in [0.4, 0.5) is 4.39 Å². The third-order valence-electron chi connectivity index (χ3n) is 5.02. The fourth-order valence-corrected chi connectivity index (χ4v) is 3.79. The van der Waals surface area contributed by atoms with E-state index in [2.05, 4.69) is 11.8 Å². The minimum atomic E-state index is -1.14. The summed E-state index contributed by atoms with van der Waals surface area (Å²) in [5.41, 5.74) is -0.0627. The summed E-state index contributed by atoms with van der Waals surface area (Å²) in [4.78, 5) is 26.8. The highest BCUT2D eigenvalue weighted by Crippen LogP contribution is 2.24. The average Bonchev–Trinajstić information content (AvgIpc) is 2.98. The van der Waals surface area contributed by atoms with Crippen LogP contribution >= 0.6 is 0 Å². The third-order valence-corrected chi connectivity index (χ3v) is 5.02. The van der Waals surface area contributed by atoms with Gasteiger partial charge in [-0.3, -0.25) is 9.69 Å². The van der Waals surface area contributed by atoms with Crippen molar-refractivity contribution in [1.82, 2.24) is 9.47 Å². The van der Waals surface area contributed by atoms with E-state index < -0.39 is 17.3 Å². The van der Waals surface area contributed by atoms with E-state index in [0.717, 1.165) is 25.9 Å². The van der Waals surface area contributed by atoms with Crippen molar-refractivity contribution in [1.29, 1.82) is 0 Å². The van der Waals surface area contributed by atoms with Gasteiger partial charge in [-0.1, -0.05) is 19.1 Å². The second-order valence-electron chi connectivity index (χ2n) is 6.27. The molecule has 1 aromatic carbocycles. The summed E-state index contributed by atoms with van der Waals surface area (Å²) < 4.78 is 15.7. The molecular formula is C18H21FN2O3. The molecule has 2 heterocycles. The number of aromatic nitrogens is 1. The van der Waals surface area contributed by atoms with E-state index in [1.807, 2.05) is 0 Å². The summed E-state index contributed by atoms with van der Waals surface area (Å²) in [5, 5.41) is 9.61. The van der Waals surface area contributed by atoms with E-state index in [-0.39, 0.29) is 22.4 Å². The highest BCUT2D eigenvalue weighted by atomic mass is 19.1. The number of rotatable bonds is 4. The van der Waals surface area contributed by atoms with Crippen molar-refractivity contribution >= 4 is 16.7 Å². The number of fused-ring (bicyclic) bond motifs is 1. The van der Waals surface area contributed by atoms with Crippen molar-refractivity contribution in [3.8, 4) is 0 Å². The van der Waals surface area contributed by atoms with Crippen LogP contribution in [-0.4, -0.2) is 39.7 Å². The first-order valence-corrected chi connectivity index (χ1v) is 8.24. The zero-order valence-corrected chi connectivity index (χ0v) is 13.9. The maximum atomic E-state index is 14.2. The van der Waals surface area contributed by atoms with Crippen LogP contribution in [0.25, 0.3) is 10.8 Å². The fraction of sp³-hybridized carbons (Fsp3) is 0.444. The smallest absolute Gasteiger partial charge is 0.338 e. The van der Waals surface area contributed by atoms with E-state index in [1.165, 1.54) is 22.8 Å². The molecule has 24 heavy (non-hydrogen) atoms. The summed E-state index contributed by atoms with van der Waals surface area (Å²) >= 11 is 0. The van der Waals surface area contributed by atoms with Crippen molar-refractivity contribution in [2.24, 2.45) is 0 Å². The molecule has 0 radical (unpaired) electrons. The number of benzene rings is 1. The SMILES string of the molecule is CCN1CCC[C@@H]1Cn1c(C)c(C(=O)O)c2cccc(F)c2c1=O. The maximum absolute atomic E-state index is 14.2. The van der Waals surface area contributed by atoms with Gasteiger partial charge in [0.2, 0.25) is 0 Å². The molecule has 1 aliphatic heterocycles. The minimum absolute atomic E-state index is 0.00476. The average molecular weight is 332 g/mol. The molecule has 1 N–H and O–H groups in total. The summed E-state index contributed by atoms with van der Waals surface area (Å²) in [6, 6.07) is 4.30. The predicted octanol–water partition coefficient (Wildman–Crippen LogP) is 2.63. The number of carbonyl (C=O) groups is 1. The van der Waals surface area contributed by atoms with Gasteiger partial charge in [0.15, 0.2) is 0 Å². The van der Waals surface area contributed by atoms with Gasteiger partial charge < -0.3 is 9.67 Å². The first-order chi connectivity index (χ1) is 11.5. The third kappa shape index (κ3) is 2.60. The van der Waals surface area contributed by atoms with Gasteiger partial charge in [0, 0.05) is 23.7 Å². The molecule has 5 nitrogen and oxygen atoms in total. The van der Waals surface area contributed by atoms with Crippen molar-refractivity contribution < 1.29 is 14.3 Å². The second kappa shape index (κ2) is 6.36. The number of pyridine rings is 1. The number of likely N-dealkylation sites (N-methyl/N-ethyl adjacent to an activating group) is 1. The molecule has 0 bridgehead atoms. The lowest BCUT2D eigenvalue weighted by Crippen LogP contribution is -2.37. The Balaban J connectivity index is 2.23. The van der Waals surface area contributed by atoms with Crippen LogP contribution in [0.3, 0.4) is 0 Å². The van der Waals surface area contributed by atoms with Gasteiger partial charge in [-0.05, 0) is 38.9 Å². The van der Waals surface area contributed by atoms with Gasteiger partial charge in [-0.15, -0.1) is 0 Å². The lowest BCUT2D eigenvalue weighted by Gasteiger charge is -2.25. The molecule has 1 aromatic heterocycles. The van der Waals surface area contributed by atoms with E-state index in [0.29, 0.717) is 12.2 Å². The van der Waals surface area contributed by atoms with Gasteiger partial charge >= 0.3 is 5.97 Å². The largest absolute Gasteiger partial charge is 0.478 e. The number of hydrogen-bond acceptors (Lipinski definition) is 3. The lowest BCUT2D eigenvalue weighted by atomic mass is 10.0. The minimum Gasteiger partial charge on any atom is -0.478 e. The number of nitrogens with zero attached hydrogens (tertiary/aromatic N) is 2. The molecule has 1 fully saturated rings. The number of likely N-dealkylation sites (tertiary alicyclic amines) is 1. The number of carboxylic acid groups (broad SMARTS) is 1. The summed E-state index contributed by atoms with van der Waals surface area (Å²) in [5.74, 6) is -1.82. The van der Waals surface area contributed by atoms with Crippen LogP contribution in [0, 0.1) is 12.7 Å². The molecular weight excluding hydrogens is 311 g/mol. The van der Waals surface area contributed by atoms with Crippen LogP contribution in [-0.2, 0) is 6.54 Å². The van der Waals surface area contributed by atoms with Gasteiger partial charge in [0.1, 0.15) is 5.82 Å². The molecule has 0 amide bonds. The topological polar surface area (TPSA) is 62.5 Å². The van der Waals surface area contributed by atoms with Crippen LogP contribution in [0.5, 0.6) is 0 Å². The van der Waals surface area contributed by atoms with Crippen molar-refractivity contribution in [2.45, 2.75) is 39.3 Å². The Morgan fingerprint density at radius 1 is 1.42 bits per heavy atom. The van der Waals surface area contributed by atoms with Gasteiger partial charge in [-0.25, -0.2) is 9.18 Å². The number of halogens is 1. The van der Waals surface area contributed by atoms with Crippen LogP contribution in [0.15, 0.2) is 23.0 Å². The van der Waals surface area contributed by atoms with E-state index >= 15 is 0 Å². The number of aromatic carboxylic acids is 1. The van der Waals surface area contributed by atoms with E-state index in [4.69, 9.17) is 0 Å². The Bertz CT molecular complexity index is 859. The standard InChI is InChI=1S/C18H21FN2O3/c1-3-20-9-5-6-12(20)10-21-11(2)15(18(23)24)13-7-4-8-14(19)16(13)17(21)22/h4,7-8,12H,3,5-6,9-10H2,1-2H3,(H,23,24)/t12-/m1/s1. The molecule has 0 spiro atoms. The summed E-state index contributed by atoms with van der Waals surface area (Å²) in [6.07, 6.45) is 2.01. The lowest BCUT2D eigenvalue weighted by molar-refractivity contribution is 0.0697. The summed E-state index contributed by atoms with van der Waals surface area (Å²) in [7, 11) is 0. The van der Waals surface area contributed by atoms with Gasteiger partial charge in [-0.2, -0.15) is 0 Å². The molecule has 2 aromatic rings. The zero-order valence-electron chi connectivity index (χ0n) is 13.9. The maximum Gasteiger partial charge on any atom is 0.338 e. The fourth-order valence-electron chi connectivity index (χ4n) is 3.79. The Hall–Kier alpha value is -2.21. The Labute approximate surface area is 139 Å². The van der Waals surface area contributed by atoms with Crippen molar-refractivity contribution in [2.75, 3.05) is 13.1 Å². The van der Waals surface area contributed by atoms with Gasteiger partial charge in [0.25, 0.3) is 5.56 Å². The number of hydrogen-bond donors (Lipinski definition) is 1. The summed E-state index contributed by atoms with van der Waals surface area (Å²) in [6.45, 7) is 5.94. The Morgan fingerprint density at radius 3 is 2.83 bits per heavy atom. The first-order valence-electron chi connectivity index (χ1n) is 8.24. The molecule has 3 rings (SSSR count). The van der Waals surface area contributed by atoms with Crippen molar-refractivity contribution in [3.63, 3.8) is 0 Å². The predicted molar refractivity (Wildman–Crippen MR) is 90.1 cm³/mol. The molecule has 1 saturated heterocycles. The Morgan fingerprint density at radius 2 is 2.17 bits per heavy atom.